The molecule has 4 nitrogen and oxygen atoms in total. The van der Waals surface area contributed by atoms with E-state index in [-0.39, 0.29) is 5.69 Å². The maximum Gasteiger partial charge on any atom is 0.273 e. The number of nitrogens with zero attached hydrogens (tertiary/aromatic N) is 1. The lowest BCUT2D eigenvalue weighted by molar-refractivity contribution is -0.384. The fourth-order valence-corrected chi connectivity index (χ4v) is 2.11. The van der Waals surface area contributed by atoms with Crippen LogP contribution in [0.4, 0.5) is 5.69 Å². The molecule has 0 fully saturated rings. The molecule has 0 bridgehead atoms. The van der Waals surface area contributed by atoms with Crippen molar-refractivity contribution in [3.05, 3.63) is 34.4 Å². The number of non-ortho nitro benzene ring substituents is 1. The molecule has 0 saturated heterocycles. The third-order valence-corrected chi connectivity index (χ3v) is 3.30. The summed E-state index contributed by atoms with van der Waals surface area (Å²) in [6, 6.07) is 6.37. The van der Waals surface area contributed by atoms with Crippen molar-refractivity contribution >= 4 is 5.69 Å². The molecule has 20 heavy (non-hydrogen) atoms. The summed E-state index contributed by atoms with van der Waals surface area (Å²) < 4.78 is 5.54. The fraction of sp³-hybridized carbons (Fsp3) is 0.625. The number of ether oxygens (including phenoxy) is 1. The second kappa shape index (κ2) is 10.2. The number of benzene rings is 1. The quantitative estimate of drug-likeness (QED) is 0.321. The SMILES string of the molecule is CCCCCCCCCCOc1cccc([N+](=O)[O-])c1. The van der Waals surface area contributed by atoms with Gasteiger partial charge in [0.05, 0.1) is 17.6 Å². The minimum Gasteiger partial charge on any atom is -0.493 e. The molecule has 0 N–H and O–H groups in total. The Hall–Kier alpha value is -1.58. The predicted molar refractivity (Wildman–Crippen MR) is 81.2 cm³/mol. The van der Waals surface area contributed by atoms with Crippen molar-refractivity contribution < 1.29 is 9.66 Å². The van der Waals surface area contributed by atoms with Crippen LogP contribution in [-0.4, -0.2) is 11.5 Å². The lowest BCUT2D eigenvalue weighted by atomic mass is 10.1. The lowest BCUT2D eigenvalue weighted by Gasteiger charge is -2.06. The number of hydrogen-bond acceptors (Lipinski definition) is 3. The van der Waals surface area contributed by atoms with Gasteiger partial charge in [-0.15, -0.1) is 0 Å². The van der Waals surface area contributed by atoms with Crippen molar-refractivity contribution in [2.45, 2.75) is 58.3 Å². The van der Waals surface area contributed by atoms with Crippen molar-refractivity contribution in [2.24, 2.45) is 0 Å². The minimum absolute atomic E-state index is 0.0819. The van der Waals surface area contributed by atoms with Gasteiger partial charge in [-0.3, -0.25) is 10.1 Å². The van der Waals surface area contributed by atoms with Gasteiger partial charge in [0.15, 0.2) is 0 Å². The average Bonchev–Trinajstić information content (AvgIpc) is 2.46. The summed E-state index contributed by atoms with van der Waals surface area (Å²) in [6.07, 6.45) is 10.0. The van der Waals surface area contributed by atoms with Gasteiger partial charge >= 0.3 is 0 Å². The van der Waals surface area contributed by atoms with Crippen molar-refractivity contribution in [3.8, 4) is 5.75 Å². The number of hydrogen-bond donors (Lipinski definition) is 0. The zero-order valence-corrected chi connectivity index (χ0v) is 12.3. The van der Waals surface area contributed by atoms with Crippen LogP contribution in [0.25, 0.3) is 0 Å². The average molecular weight is 279 g/mol. The number of rotatable bonds is 11. The molecule has 0 amide bonds. The van der Waals surface area contributed by atoms with Crippen LogP contribution >= 0.6 is 0 Å². The van der Waals surface area contributed by atoms with Gasteiger partial charge in [0.1, 0.15) is 5.75 Å². The molecule has 0 aliphatic carbocycles. The molecule has 0 heterocycles. The third kappa shape index (κ3) is 7.12. The summed E-state index contributed by atoms with van der Waals surface area (Å²) in [5.74, 6) is 0.585. The van der Waals surface area contributed by atoms with Gasteiger partial charge in [0, 0.05) is 6.07 Å². The van der Waals surface area contributed by atoms with Crippen molar-refractivity contribution in [1.82, 2.24) is 0 Å². The molecule has 1 aromatic rings. The summed E-state index contributed by atoms with van der Waals surface area (Å²) in [7, 11) is 0. The molecule has 112 valence electrons. The third-order valence-electron chi connectivity index (χ3n) is 3.30. The molecule has 4 heteroatoms. The minimum atomic E-state index is -0.400. The smallest absolute Gasteiger partial charge is 0.273 e. The molecule has 0 radical (unpaired) electrons. The highest BCUT2D eigenvalue weighted by atomic mass is 16.6. The van der Waals surface area contributed by atoms with Crippen LogP contribution in [0.2, 0.25) is 0 Å². The number of nitro groups is 1. The van der Waals surface area contributed by atoms with E-state index in [9.17, 15) is 10.1 Å². The first kappa shape index (κ1) is 16.5. The van der Waals surface area contributed by atoms with E-state index in [2.05, 4.69) is 6.92 Å². The highest BCUT2D eigenvalue weighted by Gasteiger charge is 2.05. The van der Waals surface area contributed by atoms with Gasteiger partial charge in [-0.2, -0.15) is 0 Å². The Morgan fingerprint density at radius 3 is 2.35 bits per heavy atom. The Bertz CT molecular complexity index is 393. The molecule has 0 spiro atoms. The standard InChI is InChI=1S/C16H25NO3/c1-2-3-4-5-6-7-8-9-13-20-16-12-10-11-15(14-16)17(18)19/h10-12,14H,2-9,13H2,1H3. The van der Waals surface area contributed by atoms with Crippen LogP contribution in [0, 0.1) is 10.1 Å². The molecule has 0 aliphatic rings. The summed E-state index contributed by atoms with van der Waals surface area (Å²) >= 11 is 0. The molecule has 1 aromatic carbocycles. The predicted octanol–water partition coefficient (Wildman–Crippen LogP) is 5.11. The molecular formula is C16H25NO3. The molecule has 0 unspecified atom stereocenters. The summed E-state index contributed by atoms with van der Waals surface area (Å²) in [5.41, 5.74) is 0.0819. The zero-order chi connectivity index (χ0) is 14.6. The van der Waals surface area contributed by atoms with Crippen molar-refractivity contribution in [2.75, 3.05) is 6.61 Å². The molecule has 1 rings (SSSR count). The van der Waals surface area contributed by atoms with Crippen LogP contribution in [0.5, 0.6) is 5.75 Å². The van der Waals surface area contributed by atoms with Crippen molar-refractivity contribution in [3.63, 3.8) is 0 Å². The van der Waals surface area contributed by atoms with E-state index in [0.29, 0.717) is 12.4 Å². The van der Waals surface area contributed by atoms with E-state index >= 15 is 0 Å². The summed E-state index contributed by atoms with van der Waals surface area (Å²) in [5, 5.41) is 10.6. The monoisotopic (exact) mass is 279 g/mol. The van der Waals surface area contributed by atoms with Crippen LogP contribution in [-0.2, 0) is 0 Å². The van der Waals surface area contributed by atoms with E-state index < -0.39 is 4.92 Å². The Morgan fingerprint density at radius 2 is 1.70 bits per heavy atom. The largest absolute Gasteiger partial charge is 0.493 e. The fourth-order valence-electron chi connectivity index (χ4n) is 2.11. The Balaban J connectivity index is 2.06. The van der Waals surface area contributed by atoms with Gasteiger partial charge < -0.3 is 4.74 Å². The molecule has 0 aromatic heterocycles. The molecule has 0 atom stereocenters. The zero-order valence-electron chi connectivity index (χ0n) is 12.3. The van der Waals surface area contributed by atoms with E-state index in [1.54, 1.807) is 12.1 Å². The Labute approximate surface area is 121 Å². The van der Waals surface area contributed by atoms with Crippen LogP contribution in [0.15, 0.2) is 24.3 Å². The van der Waals surface area contributed by atoms with Gasteiger partial charge in [-0.1, -0.05) is 57.9 Å². The van der Waals surface area contributed by atoms with E-state index in [4.69, 9.17) is 4.74 Å². The van der Waals surface area contributed by atoms with Crippen molar-refractivity contribution in [1.29, 1.82) is 0 Å². The second-order valence-corrected chi connectivity index (χ2v) is 5.08. The molecular weight excluding hydrogens is 254 g/mol. The first-order valence-corrected chi connectivity index (χ1v) is 7.61. The first-order valence-electron chi connectivity index (χ1n) is 7.61. The van der Waals surface area contributed by atoms with E-state index in [1.165, 1.54) is 57.1 Å². The lowest BCUT2D eigenvalue weighted by Crippen LogP contribution is -1.98. The second-order valence-electron chi connectivity index (χ2n) is 5.08. The summed E-state index contributed by atoms with van der Waals surface area (Å²) in [4.78, 5) is 10.2. The van der Waals surface area contributed by atoms with E-state index in [1.807, 2.05) is 0 Å². The van der Waals surface area contributed by atoms with Gasteiger partial charge in [0.25, 0.3) is 5.69 Å². The normalized spacial score (nSPS) is 10.4. The Kier molecular flexibility index (Phi) is 8.43. The molecule has 0 saturated carbocycles. The maximum atomic E-state index is 10.6. The van der Waals surface area contributed by atoms with Gasteiger partial charge in [-0.25, -0.2) is 0 Å². The Morgan fingerprint density at radius 1 is 1.05 bits per heavy atom. The topological polar surface area (TPSA) is 52.4 Å². The van der Waals surface area contributed by atoms with Crippen LogP contribution in [0.1, 0.15) is 58.3 Å². The van der Waals surface area contributed by atoms with Crippen LogP contribution < -0.4 is 4.74 Å². The maximum absolute atomic E-state index is 10.6. The highest BCUT2D eigenvalue weighted by molar-refractivity contribution is 5.37. The summed E-state index contributed by atoms with van der Waals surface area (Å²) in [6.45, 7) is 2.86. The number of unbranched alkanes of at least 4 members (excludes halogenated alkanes) is 7. The van der Waals surface area contributed by atoms with E-state index in [0.717, 1.165) is 6.42 Å². The van der Waals surface area contributed by atoms with Gasteiger partial charge in [0.2, 0.25) is 0 Å². The first-order chi connectivity index (χ1) is 9.74. The van der Waals surface area contributed by atoms with Gasteiger partial charge in [-0.05, 0) is 12.5 Å². The van der Waals surface area contributed by atoms with Crippen LogP contribution in [0.3, 0.4) is 0 Å². The molecule has 0 aliphatic heterocycles. The number of nitro benzene ring substituents is 1. The highest BCUT2D eigenvalue weighted by Crippen LogP contribution is 2.19.